The average Bonchev–Trinajstić information content (AvgIpc) is 2.85. The molecule has 0 spiro atoms. The van der Waals surface area contributed by atoms with E-state index in [0.717, 1.165) is 5.92 Å². The van der Waals surface area contributed by atoms with Crippen LogP contribution >= 0.6 is 8.58 Å². The molecule has 0 nitrogen and oxygen atoms in total. The highest BCUT2D eigenvalue weighted by Gasteiger charge is 2.29. The first-order valence-electron chi connectivity index (χ1n) is 4.46. The topological polar surface area (TPSA) is 0 Å². The van der Waals surface area contributed by atoms with E-state index in [4.69, 9.17) is 0 Å². The van der Waals surface area contributed by atoms with Crippen molar-refractivity contribution in [2.45, 2.75) is 12.8 Å². The van der Waals surface area contributed by atoms with E-state index in [-0.39, 0.29) is 0 Å². The van der Waals surface area contributed by atoms with Gasteiger partial charge in [0.05, 0.1) is 0 Å². The van der Waals surface area contributed by atoms with E-state index in [9.17, 15) is 0 Å². The van der Waals surface area contributed by atoms with Gasteiger partial charge in [-0.2, -0.15) is 0 Å². The largest absolute Gasteiger partial charge is 0.0616 e. The molecule has 0 unspecified atom stereocenters. The Morgan fingerprint density at radius 3 is 2.75 bits per heavy atom. The molecule has 0 amide bonds. The molecule has 1 saturated carbocycles. The Morgan fingerprint density at radius 1 is 1.17 bits per heavy atom. The van der Waals surface area contributed by atoms with Crippen LogP contribution in [0.2, 0.25) is 0 Å². The first-order valence-corrected chi connectivity index (χ1v) is 5.35. The van der Waals surface area contributed by atoms with Crippen molar-refractivity contribution in [2.24, 2.45) is 5.92 Å². The molecule has 12 heavy (non-hydrogen) atoms. The molecule has 0 N–H and O–H groups in total. The van der Waals surface area contributed by atoms with Crippen LogP contribution in [0.15, 0.2) is 29.6 Å². The molecule has 0 atom stereocenters. The highest BCUT2D eigenvalue weighted by Crippen LogP contribution is 2.48. The number of hydrogen-bond donors (Lipinski definition) is 0. The SMILES string of the molecule is C1=C(C2CC2)[P]c2ccccc21. The molecule has 0 bridgehead atoms. The summed E-state index contributed by atoms with van der Waals surface area (Å²) in [6.45, 7) is 0. The minimum atomic E-state index is 0.930. The van der Waals surface area contributed by atoms with Gasteiger partial charge in [0.1, 0.15) is 0 Å². The molecule has 0 saturated heterocycles. The summed E-state index contributed by atoms with van der Waals surface area (Å²) in [6.07, 6.45) is 5.23. The molecular formula is C11H10P. The second-order valence-corrected chi connectivity index (χ2v) is 4.74. The average molecular weight is 173 g/mol. The van der Waals surface area contributed by atoms with Gasteiger partial charge in [-0.25, -0.2) is 0 Å². The Kier molecular flexibility index (Phi) is 1.39. The number of hydrogen-bond acceptors (Lipinski definition) is 0. The second-order valence-electron chi connectivity index (χ2n) is 3.51. The number of fused-ring (bicyclic) bond motifs is 1. The summed E-state index contributed by atoms with van der Waals surface area (Å²) in [5.74, 6) is 0.930. The van der Waals surface area contributed by atoms with Gasteiger partial charge < -0.3 is 0 Å². The molecule has 1 aliphatic carbocycles. The molecule has 3 rings (SSSR count). The third kappa shape index (κ3) is 1.03. The smallest absolute Gasteiger partial charge is 0.00768 e. The molecule has 1 aromatic rings. The molecular weight excluding hydrogens is 163 g/mol. The zero-order valence-electron chi connectivity index (χ0n) is 6.83. The lowest BCUT2D eigenvalue weighted by Gasteiger charge is -1.95. The van der Waals surface area contributed by atoms with Crippen LogP contribution < -0.4 is 5.30 Å². The van der Waals surface area contributed by atoms with Crippen LogP contribution in [0.25, 0.3) is 6.08 Å². The zero-order chi connectivity index (χ0) is 7.97. The first-order chi connectivity index (χ1) is 5.93. The van der Waals surface area contributed by atoms with Crippen molar-refractivity contribution < 1.29 is 0 Å². The van der Waals surface area contributed by atoms with Crippen LogP contribution in [-0.2, 0) is 0 Å². The standard InChI is InChI=1S/C11H10P/c1-2-4-10-9(3-1)7-11(12-10)8-5-6-8/h1-4,7-8H,5-6H2. The summed E-state index contributed by atoms with van der Waals surface area (Å²) in [5.41, 5.74) is 1.45. The molecule has 1 heteroatoms. The summed E-state index contributed by atoms with van der Waals surface area (Å²) in [4.78, 5) is 0. The number of rotatable bonds is 1. The lowest BCUT2D eigenvalue weighted by molar-refractivity contribution is 1.11. The summed E-state index contributed by atoms with van der Waals surface area (Å²) in [5, 5.41) is 3.15. The molecule has 0 aromatic heterocycles. The number of allylic oxidation sites excluding steroid dienone is 1. The first kappa shape index (κ1) is 6.86. The van der Waals surface area contributed by atoms with E-state index < -0.39 is 0 Å². The fourth-order valence-corrected chi connectivity index (χ4v) is 2.98. The highest BCUT2D eigenvalue weighted by atomic mass is 31.1. The monoisotopic (exact) mass is 173 g/mol. The Bertz CT molecular complexity index is 348. The predicted molar refractivity (Wildman–Crippen MR) is 53.7 cm³/mol. The Hall–Kier alpha value is -0.610. The third-order valence-electron chi connectivity index (χ3n) is 2.49. The van der Waals surface area contributed by atoms with Gasteiger partial charge in [-0.05, 0) is 49.6 Å². The second kappa shape index (κ2) is 2.44. The fourth-order valence-electron chi connectivity index (χ4n) is 1.63. The Morgan fingerprint density at radius 2 is 2.00 bits per heavy atom. The maximum absolute atomic E-state index is 2.38. The van der Waals surface area contributed by atoms with Crippen LogP contribution in [-0.4, -0.2) is 0 Å². The summed E-state index contributed by atoms with van der Waals surface area (Å²) < 4.78 is 0. The van der Waals surface area contributed by atoms with Gasteiger partial charge in [-0.1, -0.05) is 24.3 Å². The van der Waals surface area contributed by atoms with Gasteiger partial charge in [0.15, 0.2) is 0 Å². The zero-order valence-corrected chi connectivity index (χ0v) is 7.72. The van der Waals surface area contributed by atoms with Crippen LogP contribution in [0, 0.1) is 5.92 Å². The molecule has 2 aliphatic rings. The van der Waals surface area contributed by atoms with Gasteiger partial charge in [0.2, 0.25) is 0 Å². The minimum absolute atomic E-state index is 0.930. The van der Waals surface area contributed by atoms with Crippen LogP contribution in [0.1, 0.15) is 18.4 Å². The molecule has 1 aliphatic heterocycles. The van der Waals surface area contributed by atoms with E-state index in [1.807, 2.05) is 0 Å². The van der Waals surface area contributed by atoms with Crippen molar-refractivity contribution in [3.05, 3.63) is 35.1 Å². The predicted octanol–water partition coefficient (Wildman–Crippen LogP) is 3.02. The third-order valence-corrected chi connectivity index (χ3v) is 3.89. The van der Waals surface area contributed by atoms with Crippen molar-refractivity contribution >= 4 is 20.0 Å². The maximum atomic E-state index is 2.38. The summed E-state index contributed by atoms with van der Waals surface area (Å²) >= 11 is 0. The van der Waals surface area contributed by atoms with Gasteiger partial charge in [-0.3, -0.25) is 0 Å². The van der Waals surface area contributed by atoms with Crippen LogP contribution in [0.5, 0.6) is 0 Å². The van der Waals surface area contributed by atoms with Crippen molar-refractivity contribution in [3.63, 3.8) is 0 Å². The summed E-state index contributed by atoms with van der Waals surface area (Å²) in [6, 6.07) is 8.72. The molecule has 1 radical (unpaired) electrons. The van der Waals surface area contributed by atoms with E-state index in [2.05, 4.69) is 30.3 Å². The quantitative estimate of drug-likeness (QED) is 0.572. The maximum Gasteiger partial charge on any atom is -0.00768 e. The van der Waals surface area contributed by atoms with Gasteiger partial charge >= 0.3 is 0 Å². The Labute approximate surface area is 74.5 Å². The van der Waals surface area contributed by atoms with Gasteiger partial charge in [0, 0.05) is 0 Å². The van der Waals surface area contributed by atoms with E-state index in [1.54, 1.807) is 5.31 Å². The lowest BCUT2D eigenvalue weighted by atomic mass is 10.2. The molecule has 1 heterocycles. The van der Waals surface area contributed by atoms with Crippen LogP contribution in [0.3, 0.4) is 0 Å². The molecule has 1 aromatic carbocycles. The fraction of sp³-hybridized carbons (Fsp3) is 0.273. The lowest BCUT2D eigenvalue weighted by Crippen LogP contribution is -1.92. The van der Waals surface area contributed by atoms with Gasteiger partial charge in [-0.15, -0.1) is 0 Å². The number of benzene rings is 1. The summed E-state index contributed by atoms with van der Waals surface area (Å²) in [7, 11) is 1.47. The van der Waals surface area contributed by atoms with E-state index >= 15 is 0 Å². The molecule has 59 valence electrons. The minimum Gasteiger partial charge on any atom is -0.0616 e. The van der Waals surface area contributed by atoms with Crippen LogP contribution in [0.4, 0.5) is 0 Å². The normalized spacial score (nSPS) is 22.5. The van der Waals surface area contributed by atoms with E-state index in [0.29, 0.717) is 0 Å². The van der Waals surface area contributed by atoms with Crippen molar-refractivity contribution in [3.8, 4) is 0 Å². The molecule has 1 fully saturated rings. The highest BCUT2D eigenvalue weighted by molar-refractivity contribution is 7.53. The van der Waals surface area contributed by atoms with Crippen molar-refractivity contribution in [2.75, 3.05) is 0 Å². The Balaban J connectivity index is 2.00. The van der Waals surface area contributed by atoms with Gasteiger partial charge in [0.25, 0.3) is 0 Å². The van der Waals surface area contributed by atoms with Crippen molar-refractivity contribution in [1.29, 1.82) is 0 Å². The van der Waals surface area contributed by atoms with E-state index in [1.165, 1.54) is 32.3 Å². The van der Waals surface area contributed by atoms with Crippen molar-refractivity contribution in [1.82, 2.24) is 0 Å².